The number of benzene rings is 7. The molecule has 1 heterocycles. The second-order valence-electron chi connectivity index (χ2n) is 11.9. The molecule has 7 aromatic carbocycles. The van der Waals surface area contributed by atoms with Crippen LogP contribution in [-0.4, -0.2) is 15.0 Å². The van der Waals surface area contributed by atoms with Crippen LogP contribution in [0.2, 0.25) is 0 Å². The van der Waals surface area contributed by atoms with E-state index in [1.807, 2.05) is 91.0 Å². The second-order valence-corrected chi connectivity index (χ2v) is 11.9. The Hall–Kier alpha value is -7.21. The van der Waals surface area contributed by atoms with Crippen molar-refractivity contribution in [2.75, 3.05) is 0 Å². The van der Waals surface area contributed by atoms with Crippen LogP contribution in [0.3, 0.4) is 0 Å². The lowest BCUT2D eigenvalue weighted by molar-refractivity contribution is 1.07. The predicted molar refractivity (Wildman–Crippen MR) is 201 cm³/mol. The van der Waals surface area contributed by atoms with Crippen molar-refractivity contribution in [2.45, 2.75) is 0 Å². The van der Waals surface area contributed by atoms with Gasteiger partial charge in [0.15, 0.2) is 23.2 Å². The van der Waals surface area contributed by atoms with Crippen LogP contribution in [0.15, 0.2) is 164 Å². The SMILES string of the molecule is [C-]#[N+]c1cc(C#N)cc(-c2ccc(-c3ccc(-c4cccc(-c5nc(-c6ccccc6)nc(-c6ccccc6)n5)c4)c4ccccc34)cc2)c1. The molecule has 50 heavy (non-hydrogen) atoms. The molecule has 0 amide bonds. The molecule has 232 valence electrons. The molecule has 0 unspecified atom stereocenters. The summed E-state index contributed by atoms with van der Waals surface area (Å²) in [6.07, 6.45) is 0. The minimum atomic E-state index is 0.456. The minimum Gasteiger partial charge on any atom is -0.238 e. The summed E-state index contributed by atoms with van der Waals surface area (Å²) in [5.41, 5.74) is 9.90. The summed E-state index contributed by atoms with van der Waals surface area (Å²) >= 11 is 0. The van der Waals surface area contributed by atoms with Crippen LogP contribution >= 0.6 is 0 Å². The topological polar surface area (TPSA) is 66.8 Å². The van der Waals surface area contributed by atoms with Gasteiger partial charge in [0.1, 0.15) is 0 Å². The van der Waals surface area contributed by atoms with E-state index in [-0.39, 0.29) is 0 Å². The smallest absolute Gasteiger partial charge is 0.189 e. The maximum absolute atomic E-state index is 9.45. The van der Waals surface area contributed by atoms with Gasteiger partial charge in [-0.05, 0) is 68.4 Å². The van der Waals surface area contributed by atoms with Gasteiger partial charge >= 0.3 is 0 Å². The average molecular weight is 638 g/mol. The van der Waals surface area contributed by atoms with Crippen LogP contribution in [0, 0.1) is 17.9 Å². The van der Waals surface area contributed by atoms with E-state index in [0.717, 1.165) is 60.8 Å². The van der Waals surface area contributed by atoms with E-state index in [1.54, 1.807) is 6.07 Å². The van der Waals surface area contributed by atoms with Gasteiger partial charge < -0.3 is 0 Å². The van der Waals surface area contributed by atoms with E-state index in [0.29, 0.717) is 28.7 Å². The normalized spacial score (nSPS) is 10.8. The maximum atomic E-state index is 9.45. The van der Waals surface area contributed by atoms with Gasteiger partial charge in [0.25, 0.3) is 0 Å². The predicted octanol–water partition coefficient (Wildman–Crippen LogP) is 11.4. The van der Waals surface area contributed by atoms with Crippen molar-refractivity contribution in [1.82, 2.24) is 15.0 Å². The molecule has 0 aliphatic rings. The van der Waals surface area contributed by atoms with Crippen molar-refractivity contribution in [3.8, 4) is 73.6 Å². The summed E-state index contributed by atoms with van der Waals surface area (Å²) in [7, 11) is 0. The zero-order valence-electron chi connectivity index (χ0n) is 26.8. The Labute approximate surface area is 290 Å². The van der Waals surface area contributed by atoms with Crippen LogP contribution in [0.1, 0.15) is 5.56 Å². The summed E-state index contributed by atoms with van der Waals surface area (Å²) in [6, 6.07) is 57.0. The van der Waals surface area contributed by atoms with Crippen molar-refractivity contribution in [3.63, 3.8) is 0 Å². The van der Waals surface area contributed by atoms with Crippen LogP contribution in [0.5, 0.6) is 0 Å². The Bertz CT molecular complexity index is 2510. The Morgan fingerprint density at radius 2 is 0.920 bits per heavy atom. The molecular weight excluding hydrogens is 611 g/mol. The standard InChI is InChI=1S/C45H27N5/c1-47-38-26-30(29-46)25-37(28-38)31-19-21-32(22-20-31)39-23-24-40(42-18-9-8-17-41(39)42)35-15-10-16-36(27-35)45-49-43(33-11-4-2-5-12-33)48-44(50-45)34-13-6-3-7-14-34/h2-28H. The molecule has 0 N–H and O–H groups in total. The lowest BCUT2D eigenvalue weighted by atomic mass is 9.91. The lowest BCUT2D eigenvalue weighted by Gasteiger charge is -2.14. The van der Waals surface area contributed by atoms with Gasteiger partial charge in [-0.2, -0.15) is 5.26 Å². The Kier molecular flexibility index (Phi) is 7.91. The highest BCUT2D eigenvalue weighted by Crippen LogP contribution is 2.38. The van der Waals surface area contributed by atoms with E-state index in [2.05, 4.69) is 77.6 Å². The number of aromatic nitrogens is 3. The highest BCUT2D eigenvalue weighted by atomic mass is 15.0. The van der Waals surface area contributed by atoms with Gasteiger partial charge in [0, 0.05) is 22.3 Å². The number of fused-ring (bicyclic) bond motifs is 1. The van der Waals surface area contributed by atoms with Crippen LogP contribution < -0.4 is 0 Å². The van der Waals surface area contributed by atoms with Crippen molar-refractivity contribution in [3.05, 3.63) is 181 Å². The molecule has 1 aromatic heterocycles. The first kappa shape index (κ1) is 30.1. The van der Waals surface area contributed by atoms with E-state index in [9.17, 15) is 5.26 Å². The Morgan fingerprint density at radius 1 is 0.420 bits per heavy atom. The second kappa shape index (κ2) is 13.1. The third kappa shape index (κ3) is 5.88. The molecule has 0 saturated carbocycles. The van der Waals surface area contributed by atoms with Gasteiger partial charge in [-0.3, -0.25) is 0 Å². The number of hydrogen-bond donors (Lipinski definition) is 0. The molecule has 5 nitrogen and oxygen atoms in total. The molecule has 0 aliphatic carbocycles. The molecule has 0 spiro atoms. The fraction of sp³-hybridized carbons (Fsp3) is 0. The van der Waals surface area contributed by atoms with Gasteiger partial charge in [0.2, 0.25) is 0 Å². The van der Waals surface area contributed by atoms with Gasteiger partial charge in [-0.25, -0.2) is 19.8 Å². The number of rotatable bonds is 6. The first-order chi connectivity index (χ1) is 24.7. The monoisotopic (exact) mass is 637 g/mol. The highest BCUT2D eigenvalue weighted by Gasteiger charge is 2.15. The summed E-state index contributed by atoms with van der Waals surface area (Å²) in [6.45, 7) is 7.42. The van der Waals surface area contributed by atoms with Crippen LogP contribution in [-0.2, 0) is 0 Å². The third-order valence-electron chi connectivity index (χ3n) is 8.76. The summed E-state index contributed by atoms with van der Waals surface area (Å²) < 4.78 is 0. The van der Waals surface area contributed by atoms with Crippen LogP contribution in [0.4, 0.5) is 5.69 Å². The van der Waals surface area contributed by atoms with Gasteiger partial charge in [0.05, 0.1) is 12.6 Å². The lowest BCUT2D eigenvalue weighted by Crippen LogP contribution is -2.00. The van der Waals surface area contributed by atoms with E-state index < -0.39 is 0 Å². The molecule has 0 radical (unpaired) electrons. The minimum absolute atomic E-state index is 0.456. The zero-order valence-corrected chi connectivity index (χ0v) is 26.8. The molecule has 0 saturated heterocycles. The van der Waals surface area contributed by atoms with Crippen molar-refractivity contribution < 1.29 is 0 Å². The fourth-order valence-electron chi connectivity index (χ4n) is 6.32. The first-order valence-corrected chi connectivity index (χ1v) is 16.2. The molecule has 0 atom stereocenters. The van der Waals surface area contributed by atoms with Gasteiger partial charge in [-0.15, -0.1) is 0 Å². The average Bonchev–Trinajstić information content (AvgIpc) is 3.20. The number of nitrogens with zero attached hydrogens (tertiary/aromatic N) is 5. The largest absolute Gasteiger partial charge is 0.238 e. The number of hydrogen-bond acceptors (Lipinski definition) is 4. The molecule has 8 rings (SSSR count). The number of nitriles is 1. The van der Waals surface area contributed by atoms with Gasteiger partial charge in [-0.1, -0.05) is 140 Å². The van der Waals surface area contributed by atoms with Crippen molar-refractivity contribution in [2.24, 2.45) is 0 Å². The Balaban J connectivity index is 1.19. The molecular formula is C45H27N5. The highest BCUT2D eigenvalue weighted by molar-refractivity contribution is 6.05. The third-order valence-corrected chi connectivity index (χ3v) is 8.76. The van der Waals surface area contributed by atoms with E-state index in [4.69, 9.17) is 21.5 Å². The van der Waals surface area contributed by atoms with Crippen molar-refractivity contribution in [1.29, 1.82) is 5.26 Å². The fourth-order valence-corrected chi connectivity index (χ4v) is 6.32. The summed E-state index contributed by atoms with van der Waals surface area (Å²) in [5, 5.41) is 11.7. The zero-order chi connectivity index (χ0) is 33.9. The van der Waals surface area contributed by atoms with Crippen molar-refractivity contribution >= 4 is 16.5 Å². The first-order valence-electron chi connectivity index (χ1n) is 16.2. The Morgan fingerprint density at radius 3 is 1.50 bits per heavy atom. The molecule has 0 bridgehead atoms. The molecule has 0 fully saturated rings. The molecule has 5 heteroatoms. The molecule has 0 aliphatic heterocycles. The summed E-state index contributed by atoms with van der Waals surface area (Å²) in [5.74, 6) is 1.87. The van der Waals surface area contributed by atoms with E-state index in [1.165, 1.54) is 0 Å². The van der Waals surface area contributed by atoms with Crippen LogP contribution in [0.25, 0.3) is 83.2 Å². The maximum Gasteiger partial charge on any atom is 0.189 e. The summed E-state index contributed by atoms with van der Waals surface area (Å²) in [4.78, 5) is 18.3. The van der Waals surface area contributed by atoms with E-state index >= 15 is 0 Å². The molecule has 8 aromatic rings. The quantitative estimate of drug-likeness (QED) is 0.170.